The number of ether oxygens (including phenoxy) is 3. The van der Waals surface area contributed by atoms with Gasteiger partial charge in [-0.3, -0.25) is 24.0 Å². The molecule has 1 aromatic rings. The molecule has 1 aliphatic heterocycles. The van der Waals surface area contributed by atoms with E-state index in [9.17, 15) is 28.8 Å². The molecule has 2 bridgehead atoms. The van der Waals surface area contributed by atoms with Crippen molar-refractivity contribution >= 4 is 35.6 Å². The predicted molar refractivity (Wildman–Crippen MR) is 242 cm³/mol. The van der Waals surface area contributed by atoms with Gasteiger partial charge in [0.15, 0.2) is 0 Å². The van der Waals surface area contributed by atoms with Crippen LogP contribution in [0.5, 0.6) is 0 Å². The van der Waals surface area contributed by atoms with Crippen molar-refractivity contribution in [2.24, 2.45) is 35.3 Å². The third-order valence-corrected chi connectivity index (χ3v) is 13.8. The smallest absolute Gasteiger partial charge is 0.407 e. The number of benzene rings is 1. The summed E-state index contributed by atoms with van der Waals surface area (Å²) in [6.07, 6.45) is 11.9. The van der Waals surface area contributed by atoms with Gasteiger partial charge in [0.25, 0.3) is 0 Å². The molecule has 6 amide bonds. The van der Waals surface area contributed by atoms with Crippen LogP contribution in [0.25, 0.3) is 0 Å². The Hall–Kier alpha value is -4.28. The summed E-state index contributed by atoms with van der Waals surface area (Å²) in [6, 6.07) is 4.07. The Morgan fingerprint density at radius 1 is 0.844 bits per heavy atom. The number of fused-ring (bicyclic) bond motifs is 2. The Labute approximate surface area is 380 Å². The SMILES string of the molecule is CCC[C@H]1C(=O)N[C@@H](C2CCCCCC2)C(=O)N[C@@H](CNC(=O)OCc2ccccc2)C(=O)N[C@@H](COCCCN)C(=O)N[C@H](C)CO[C@H](C[C@@H]2C[C@@H]3CC[C@@H](C3)C2)[C@@H](C)C(=O)N1C. The van der Waals surface area contributed by atoms with Gasteiger partial charge in [0.05, 0.1) is 31.8 Å². The summed E-state index contributed by atoms with van der Waals surface area (Å²) >= 11 is 0. The van der Waals surface area contributed by atoms with Crippen LogP contribution in [0.4, 0.5) is 4.79 Å². The van der Waals surface area contributed by atoms with Crippen molar-refractivity contribution in [2.75, 3.05) is 40.0 Å². The van der Waals surface area contributed by atoms with Crippen molar-refractivity contribution in [3.63, 3.8) is 0 Å². The molecular weight excluding hydrogens is 819 g/mol. The zero-order chi connectivity index (χ0) is 46.0. The molecule has 7 N–H and O–H groups in total. The molecule has 4 fully saturated rings. The van der Waals surface area contributed by atoms with E-state index in [2.05, 4.69) is 26.6 Å². The minimum atomic E-state index is -1.39. The zero-order valence-corrected chi connectivity index (χ0v) is 38.8. The maximum atomic E-state index is 14.6. The first-order chi connectivity index (χ1) is 30.9. The summed E-state index contributed by atoms with van der Waals surface area (Å²) in [5.74, 6) is -1.64. The molecule has 0 aromatic heterocycles. The molecule has 1 heterocycles. The number of hydrogen-bond acceptors (Lipinski definition) is 10. The van der Waals surface area contributed by atoms with Gasteiger partial charge in [0.2, 0.25) is 29.5 Å². The Morgan fingerprint density at radius 2 is 1.52 bits per heavy atom. The van der Waals surface area contributed by atoms with E-state index < -0.39 is 72.0 Å². The molecule has 358 valence electrons. The summed E-state index contributed by atoms with van der Waals surface area (Å²) in [7, 11) is 1.65. The van der Waals surface area contributed by atoms with E-state index in [1.165, 1.54) is 24.2 Å². The van der Waals surface area contributed by atoms with Gasteiger partial charge in [0, 0.05) is 19.7 Å². The van der Waals surface area contributed by atoms with E-state index >= 15 is 0 Å². The Kier molecular flexibility index (Phi) is 20.6. The van der Waals surface area contributed by atoms with E-state index in [0.29, 0.717) is 62.8 Å². The highest BCUT2D eigenvalue weighted by molar-refractivity contribution is 5.96. The summed E-state index contributed by atoms with van der Waals surface area (Å²) < 4.78 is 17.8. The number of amides is 6. The monoisotopic (exact) mass is 896 g/mol. The average Bonchev–Trinajstić information content (AvgIpc) is 3.43. The number of hydrogen-bond donors (Lipinski definition) is 6. The molecule has 1 saturated heterocycles. The molecule has 3 saturated carbocycles. The van der Waals surface area contributed by atoms with Crippen molar-refractivity contribution < 1.29 is 43.0 Å². The number of alkyl carbamates (subject to hydrolysis) is 1. The van der Waals surface area contributed by atoms with Gasteiger partial charge < -0.3 is 51.4 Å². The third-order valence-electron chi connectivity index (χ3n) is 13.8. The molecule has 1 aromatic carbocycles. The largest absolute Gasteiger partial charge is 0.445 e. The first kappa shape index (κ1) is 50.7. The van der Waals surface area contributed by atoms with Gasteiger partial charge in [-0.25, -0.2) is 4.79 Å². The fraction of sp³-hybridized carbons (Fsp3) is 0.750. The lowest BCUT2D eigenvalue weighted by molar-refractivity contribution is -0.147. The molecule has 64 heavy (non-hydrogen) atoms. The standard InChI is InChI=1S/C48H77N7O9/c1-5-14-40-45(58)54-42(37-17-11-6-7-12-18-37)46(59)52-38(27-50-48(61)64-29-33-15-9-8-10-16-33)43(56)53-39(30-62-22-13-21-49)44(57)51-31(2)28-63-41(32(3)47(60)55(40)4)26-36-24-34-19-20-35(23-34)25-36/h8-10,15-16,31-32,34-42H,5-7,11-14,17-30,49H2,1-4H3,(H,50,61)(H,51,57)(H,52,59)(H,53,56)(H,54,58)/t31-,32-,34-,35+,36-,38+,39+,40+,41-,42+/m1/s1. The van der Waals surface area contributed by atoms with Crippen LogP contribution in [0, 0.1) is 29.6 Å². The van der Waals surface area contributed by atoms with Crippen LogP contribution in [0.2, 0.25) is 0 Å². The maximum absolute atomic E-state index is 14.6. The third kappa shape index (κ3) is 15.4. The van der Waals surface area contributed by atoms with Crippen LogP contribution in [0.3, 0.4) is 0 Å². The van der Waals surface area contributed by atoms with E-state index in [1.807, 2.05) is 44.2 Å². The van der Waals surface area contributed by atoms with Gasteiger partial charge in [-0.05, 0) is 94.1 Å². The molecular formula is C48H77N7O9. The number of nitrogens with zero attached hydrogens (tertiary/aromatic N) is 1. The first-order valence-electron chi connectivity index (χ1n) is 24.2. The van der Waals surface area contributed by atoms with Gasteiger partial charge in [0.1, 0.15) is 30.8 Å². The topological polar surface area (TPSA) is 220 Å². The maximum Gasteiger partial charge on any atom is 0.407 e. The predicted octanol–water partition coefficient (Wildman–Crippen LogP) is 4.09. The van der Waals surface area contributed by atoms with Crippen molar-refractivity contribution in [1.82, 2.24) is 31.5 Å². The molecule has 16 heteroatoms. The first-order valence-corrected chi connectivity index (χ1v) is 24.2. The lowest BCUT2D eigenvalue weighted by Gasteiger charge is -2.36. The Bertz CT molecular complexity index is 1650. The second kappa shape index (κ2) is 26.0. The van der Waals surface area contributed by atoms with E-state index in [-0.39, 0.29) is 44.8 Å². The highest BCUT2D eigenvalue weighted by atomic mass is 16.5. The minimum absolute atomic E-state index is 0.0210. The number of carbonyl (C=O) groups excluding carboxylic acids is 6. The molecule has 3 aliphatic carbocycles. The average molecular weight is 896 g/mol. The van der Waals surface area contributed by atoms with E-state index in [1.54, 1.807) is 14.0 Å². The fourth-order valence-corrected chi connectivity index (χ4v) is 10.2. The van der Waals surface area contributed by atoms with Gasteiger partial charge in [-0.1, -0.05) is 89.1 Å². The van der Waals surface area contributed by atoms with Crippen LogP contribution in [-0.2, 0) is 44.8 Å². The highest BCUT2D eigenvalue weighted by Gasteiger charge is 2.41. The molecule has 10 atom stereocenters. The lowest BCUT2D eigenvalue weighted by atomic mass is 9.77. The second-order valence-electron chi connectivity index (χ2n) is 19.0. The summed E-state index contributed by atoms with van der Waals surface area (Å²) in [5.41, 5.74) is 6.46. The number of carbonyl (C=O) groups is 6. The van der Waals surface area contributed by atoms with Gasteiger partial charge in [-0.15, -0.1) is 0 Å². The molecule has 5 rings (SSSR count). The molecule has 0 spiro atoms. The Morgan fingerprint density at radius 3 is 2.19 bits per heavy atom. The van der Waals surface area contributed by atoms with Crippen molar-refractivity contribution in [3.8, 4) is 0 Å². The van der Waals surface area contributed by atoms with Gasteiger partial charge >= 0.3 is 6.09 Å². The van der Waals surface area contributed by atoms with Crippen molar-refractivity contribution in [3.05, 3.63) is 35.9 Å². The van der Waals surface area contributed by atoms with Crippen LogP contribution < -0.4 is 32.3 Å². The number of likely N-dealkylation sites (N-methyl/N-ethyl adjacent to an activating group) is 1. The van der Waals surface area contributed by atoms with Crippen LogP contribution in [-0.4, -0.2) is 117 Å². The van der Waals surface area contributed by atoms with Crippen molar-refractivity contribution in [1.29, 1.82) is 0 Å². The number of rotatable bonds is 14. The van der Waals surface area contributed by atoms with Crippen LogP contribution in [0.15, 0.2) is 30.3 Å². The van der Waals surface area contributed by atoms with Crippen LogP contribution in [0.1, 0.15) is 123 Å². The highest BCUT2D eigenvalue weighted by Crippen LogP contribution is 2.46. The van der Waals surface area contributed by atoms with Gasteiger partial charge in [-0.2, -0.15) is 0 Å². The minimum Gasteiger partial charge on any atom is -0.445 e. The van der Waals surface area contributed by atoms with E-state index in [4.69, 9.17) is 19.9 Å². The quantitative estimate of drug-likeness (QED) is 0.116. The second-order valence-corrected chi connectivity index (χ2v) is 19.0. The number of nitrogens with one attached hydrogen (secondary N) is 5. The van der Waals surface area contributed by atoms with Crippen LogP contribution >= 0.6 is 0 Å². The normalized spacial score (nSPS) is 30.7. The fourth-order valence-electron chi connectivity index (χ4n) is 10.2. The Balaban J connectivity index is 1.46. The van der Waals surface area contributed by atoms with Crippen molar-refractivity contribution in [2.45, 2.75) is 160 Å². The molecule has 4 aliphatic rings. The summed E-state index contributed by atoms with van der Waals surface area (Å²) in [6.45, 7) is 5.74. The zero-order valence-electron chi connectivity index (χ0n) is 38.8. The number of nitrogens with two attached hydrogens (primary N) is 1. The molecule has 0 radical (unpaired) electrons. The summed E-state index contributed by atoms with van der Waals surface area (Å²) in [4.78, 5) is 86.6. The summed E-state index contributed by atoms with van der Waals surface area (Å²) in [5, 5.41) is 14.2. The molecule has 16 nitrogen and oxygen atoms in total. The lowest BCUT2D eigenvalue weighted by Crippen LogP contribution is -2.62. The van der Waals surface area contributed by atoms with E-state index in [0.717, 1.165) is 44.1 Å². The molecule has 0 unspecified atom stereocenters.